The Hall–Kier alpha value is -1.36. The molecule has 0 aliphatic heterocycles. The third-order valence-corrected chi connectivity index (χ3v) is 3.47. The highest BCUT2D eigenvalue weighted by Gasteiger charge is 2.15. The van der Waals surface area contributed by atoms with Gasteiger partial charge in [0, 0.05) is 6.07 Å². The average Bonchev–Trinajstić information content (AvgIpc) is 2.44. The summed E-state index contributed by atoms with van der Waals surface area (Å²) in [5, 5.41) is 12.3. The summed E-state index contributed by atoms with van der Waals surface area (Å²) in [6.45, 7) is 0. The first-order valence-electron chi connectivity index (χ1n) is 5.65. The number of aromatic nitrogens is 2. The lowest BCUT2D eigenvalue weighted by Gasteiger charge is -2.16. The summed E-state index contributed by atoms with van der Waals surface area (Å²) >= 11 is 12.0. The Morgan fingerprint density at radius 1 is 1.11 bits per heavy atom. The molecule has 0 saturated carbocycles. The van der Waals surface area contributed by atoms with Gasteiger partial charge in [-0.25, -0.2) is 0 Å². The third-order valence-electron chi connectivity index (χ3n) is 2.73. The van der Waals surface area contributed by atoms with Gasteiger partial charge in [0.05, 0.1) is 28.9 Å². The van der Waals surface area contributed by atoms with Crippen LogP contribution in [0.5, 0.6) is 5.88 Å². The van der Waals surface area contributed by atoms with Crippen molar-refractivity contribution < 1.29 is 4.74 Å². The van der Waals surface area contributed by atoms with Crippen molar-refractivity contribution in [1.82, 2.24) is 15.5 Å². The Morgan fingerprint density at radius 2 is 1.89 bits per heavy atom. The second kappa shape index (κ2) is 6.19. The Morgan fingerprint density at radius 3 is 2.42 bits per heavy atom. The lowest BCUT2D eigenvalue weighted by Crippen LogP contribution is -2.19. The van der Waals surface area contributed by atoms with Gasteiger partial charge in [0.1, 0.15) is 0 Å². The molecule has 1 heterocycles. The van der Waals surface area contributed by atoms with Gasteiger partial charge in [0.2, 0.25) is 5.88 Å². The van der Waals surface area contributed by atoms with Crippen LogP contribution in [0.1, 0.15) is 17.3 Å². The number of hydrogen-bond acceptors (Lipinski definition) is 4. The molecule has 0 bridgehead atoms. The van der Waals surface area contributed by atoms with Crippen LogP contribution in [0, 0.1) is 0 Å². The standard InChI is InChI=1S/C13H13Cl2N3O/c1-16-13(8-3-4-9(14)10(15)7-8)11-5-6-12(19-2)18-17-11/h3-7,13,16H,1-2H3. The molecule has 0 saturated heterocycles. The molecule has 0 fully saturated rings. The normalized spacial score (nSPS) is 12.2. The van der Waals surface area contributed by atoms with Crippen LogP contribution < -0.4 is 10.1 Å². The van der Waals surface area contributed by atoms with Gasteiger partial charge in [-0.15, -0.1) is 10.2 Å². The number of ether oxygens (including phenoxy) is 1. The van der Waals surface area contributed by atoms with E-state index in [1.54, 1.807) is 19.2 Å². The maximum atomic E-state index is 6.03. The van der Waals surface area contributed by atoms with Crippen LogP contribution in [0.4, 0.5) is 0 Å². The van der Waals surface area contributed by atoms with Crippen molar-refractivity contribution in [3.8, 4) is 5.88 Å². The van der Waals surface area contributed by atoms with Gasteiger partial charge in [0.15, 0.2) is 0 Å². The van der Waals surface area contributed by atoms with E-state index < -0.39 is 0 Å². The van der Waals surface area contributed by atoms with Crippen molar-refractivity contribution in [2.75, 3.05) is 14.2 Å². The first kappa shape index (κ1) is 14.1. The summed E-state index contributed by atoms with van der Waals surface area (Å²) in [6, 6.07) is 9.01. The molecule has 1 aromatic heterocycles. The summed E-state index contributed by atoms with van der Waals surface area (Å²) in [6.07, 6.45) is 0. The van der Waals surface area contributed by atoms with Crippen LogP contribution in [0.2, 0.25) is 10.0 Å². The quantitative estimate of drug-likeness (QED) is 0.942. The SMILES string of the molecule is CNC(c1ccc(Cl)c(Cl)c1)c1ccc(OC)nn1. The monoisotopic (exact) mass is 297 g/mol. The van der Waals surface area contributed by atoms with Gasteiger partial charge in [-0.2, -0.15) is 0 Å². The number of benzene rings is 1. The van der Waals surface area contributed by atoms with E-state index in [1.807, 2.05) is 25.2 Å². The fourth-order valence-electron chi connectivity index (χ4n) is 1.77. The summed E-state index contributed by atoms with van der Waals surface area (Å²) in [7, 11) is 3.40. The molecule has 100 valence electrons. The number of nitrogens with zero attached hydrogens (tertiary/aromatic N) is 2. The number of nitrogens with one attached hydrogen (secondary N) is 1. The van der Waals surface area contributed by atoms with Crippen LogP contribution >= 0.6 is 23.2 Å². The van der Waals surface area contributed by atoms with Crippen LogP contribution in [0.3, 0.4) is 0 Å². The Balaban J connectivity index is 2.34. The molecule has 4 nitrogen and oxygen atoms in total. The Kier molecular flexibility index (Phi) is 4.58. The van der Waals surface area contributed by atoms with Gasteiger partial charge < -0.3 is 10.1 Å². The van der Waals surface area contributed by atoms with Crippen LogP contribution in [-0.4, -0.2) is 24.4 Å². The molecule has 2 rings (SSSR count). The van der Waals surface area contributed by atoms with Crippen molar-refractivity contribution in [3.05, 3.63) is 51.6 Å². The van der Waals surface area contributed by atoms with Crippen molar-refractivity contribution in [3.63, 3.8) is 0 Å². The van der Waals surface area contributed by atoms with E-state index in [9.17, 15) is 0 Å². The molecule has 1 atom stereocenters. The van der Waals surface area contributed by atoms with Gasteiger partial charge in [-0.1, -0.05) is 29.3 Å². The maximum Gasteiger partial charge on any atom is 0.233 e. The van der Waals surface area contributed by atoms with Crippen molar-refractivity contribution in [1.29, 1.82) is 0 Å². The molecule has 6 heteroatoms. The molecular formula is C13H13Cl2N3O. The first-order chi connectivity index (χ1) is 9.15. The molecule has 1 unspecified atom stereocenters. The molecule has 0 radical (unpaired) electrons. The van der Waals surface area contributed by atoms with Gasteiger partial charge in [0.25, 0.3) is 0 Å². The average molecular weight is 298 g/mol. The molecule has 19 heavy (non-hydrogen) atoms. The Labute approximate surface area is 121 Å². The van der Waals surface area contributed by atoms with Crippen LogP contribution in [0.15, 0.2) is 30.3 Å². The van der Waals surface area contributed by atoms with Crippen LogP contribution in [-0.2, 0) is 0 Å². The van der Waals surface area contributed by atoms with E-state index in [-0.39, 0.29) is 6.04 Å². The lowest BCUT2D eigenvalue weighted by atomic mass is 10.0. The minimum absolute atomic E-state index is 0.104. The zero-order valence-corrected chi connectivity index (χ0v) is 12.0. The van der Waals surface area contributed by atoms with Gasteiger partial charge in [-0.3, -0.25) is 0 Å². The highest BCUT2D eigenvalue weighted by Crippen LogP contribution is 2.28. The van der Waals surface area contributed by atoms with E-state index in [0.29, 0.717) is 15.9 Å². The summed E-state index contributed by atoms with van der Waals surface area (Å²) in [5.41, 5.74) is 1.75. The summed E-state index contributed by atoms with van der Waals surface area (Å²) in [5.74, 6) is 0.479. The van der Waals surface area contributed by atoms with E-state index in [4.69, 9.17) is 27.9 Å². The predicted octanol–water partition coefficient (Wildman–Crippen LogP) is 3.10. The molecular weight excluding hydrogens is 285 g/mol. The smallest absolute Gasteiger partial charge is 0.233 e. The number of methoxy groups -OCH3 is 1. The summed E-state index contributed by atoms with van der Waals surface area (Å²) in [4.78, 5) is 0. The number of halogens is 2. The molecule has 0 aliphatic carbocycles. The van der Waals surface area contributed by atoms with Crippen molar-refractivity contribution >= 4 is 23.2 Å². The Bertz CT molecular complexity index is 560. The fourth-order valence-corrected chi connectivity index (χ4v) is 2.08. The molecule has 1 aromatic carbocycles. The zero-order chi connectivity index (χ0) is 13.8. The molecule has 0 aliphatic rings. The maximum absolute atomic E-state index is 6.03. The molecule has 0 amide bonds. The second-order valence-corrected chi connectivity index (χ2v) is 4.71. The molecule has 0 spiro atoms. The number of hydrogen-bond donors (Lipinski definition) is 1. The van der Waals surface area contributed by atoms with Gasteiger partial charge >= 0.3 is 0 Å². The van der Waals surface area contributed by atoms with Crippen molar-refractivity contribution in [2.24, 2.45) is 0 Å². The van der Waals surface area contributed by atoms with E-state index in [2.05, 4.69) is 15.5 Å². The highest BCUT2D eigenvalue weighted by atomic mass is 35.5. The lowest BCUT2D eigenvalue weighted by molar-refractivity contribution is 0.390. The largest absolute Gasteiger partial charge is 0.480 e. The topological polar surface area (TPSA) is 47.0 Å². The van der Waals surface area contributed by atoms with E-state index in [0.717, 1.165) is 11.3 Å². The molecule has 1 N–H and O–H groups in total. The fraction of sp³-hybridized carbons (Fsp3) is 0.231. The van der Waals surface area contributed by atoms with Crippen molar-refractivity contribution in [2.45, 2.75) is 6.04 Å². The molecule has 2 aromatic rings. The minimum Gasteiger partial charge on any atom is -0.480 e. The third kappa shape index (κ3) is 3.15. The number of rotatable bonds is 4. The van der Waals surface area contributed by atoms with Gasteiger partial charge in [-0.05, 0) is 30.8 Å². The first-order valence-corrected chi connectivity index (χ1v) is 6.41. The second-order valence-electron chi connectivity index (χ2n) is 3.90. The van der Waals surface area contributed by atoms with Crippen LogP contribution in [0.25, 0.3) is 0 Å². The zero-order valence-electron chi connectivity index (χ0n) is 10.5. The minimum atomic E-state index is -0.104. The predicted molar refractivity (Wildman–Crippen MR) is 75.9 cm³/mol. The van der Waals surface area contributed by atoms with E-state index >= 15 is 0 Å². The summed E-state index contributed by atoms with van der Waals surface area (Å²) < 4.78 is 4.99. The highest BCUT2D eigenvalue weighted by molar-refractivity contribution is 6.42. The van der Waals surface area contributed by atoms with E-state index in [1.165, 1.54) is 0 Å².